The minimum atomic E-state index is -0.0415. The van der Waals surface area contributed by atoms with Crippen molar-refractivity contribution < 1.29 is 9.53 Å². The molecule has 0 saturated heterocycles. The molecule has 4 saturated carbocycles. The number of carbonyl (C=O) groups excluding carboxylic acids is 1. The first-order valence-corrected chi connectivity index (χ1v) is 16.8. The van der Waals surface area contributed by atoms with E-state index in [1.165, 1.54) is 77.7 Å². The van der Waals surface area contributed by atoms with E-state index in [2.05, 4.69) is 48.5 Å². The second-order valence-corrected chi connectivity index (χ2v) is 14.6. The third-order valence-electron chi connectivity index (χ3n) is 12.7. The van der Waals surface area contributed by atoms with Gasteiger partial charge in [-0.1, -0.05) is 26.8 Å². The molecule has 5 rings (SSSR count). The van der Waals surface area contributed by atoms with Crippen LogP contribution in [-0.4, -0.2) is 37.2 Å². The molecule has 0 radical (unpaired) electrons. The Hall–Kier alpha value is -1.46. The van der Waals surface area contributed by atoms with Crippen LogP contribution in [0.1, 0.15) is 110 Å². The Bertz CT molecular complexity index is 955. The molecule has 9 atom stereocenters. The fourth-order valence-electron chi connectivity index (χ4n) is 10.5. The Morgan fingerprint density at radius 2 is 1.82 bits per heavy atom. The molecule has 2 N–H and O–H groups in total. The van der Waals surface area contributed by atoms with E-state index in [1.807, 2.05) is 12.3 Å². The van der Waals surface area contributed by atoms with Crippen LogP contribution in [-0.2, 0) is 16.1 Å². The molecule has 1 aromatic rings. The van der Waals surface area contributed by atoms with Crippen LogP contribution >= 0.6 is 0 Å². The van der Waals surface area contributed by atoms with Gasteiger partial charge in [0.25, 0.3) is 0 Å². The minimum absolute atomic E-state index is 0.0415. The zero-order valence-electron chi connectivity index (χ0n) is 25.9. The third kappa shape index (κ3) is 6.31. The number of methoxy groups -OCH3 is 1. The standard InChI is InChI=1S/C35H57N3O2/c1-25(10-15-33(39)40-4)30-13-14-31-29-12-11-26-23-27(16-18-34(26,2)32(29)17-19-35(30,31)3)37-22-8-7-20-36-24-28-9-5-6-21-38-28/h5-6,9,21,25-27,29-32,36-37H,7-8,10-20,22-24H2,1-4H3/t25-,26?,27-,29?,30+,31?,32?,34?,35+/m0/s1. The highest BCUT2D eigenvalue weighted by Crippen LogP contribution is 2.68. The lowest BCUT2D eigenvalue weighted by Crippen LogP contribution is -2.55. The van der Waals surface area contributed by atoms with Gasteiger partial charge in [0.1, 0.15) is 0 Å². The number of ether oxygens (including phenoxy) is 1. The van der Waals surface area contributed by atoms with Crippen molar-refractivity contribution in [3.63, 3.8) is 0 Å². The average molecular weight is 552 g/mol. The minimum Gasteiger partial charge on any atom is -0.469 e. The molecule has 224 valence electrons. The molecule has 4 fully saturated rings. The van der Waals surface area contributed by atoms with Crippen molar-refractivity contribution in [2.45, 2.75) is 117 Å². The summed E-state index contributed by atoms with van der Waals surface area (Å²) in [7, 11) is 1.52. The summed E-state index contributed by atoms with van der Waals surface area (Å²) in [4.78, 5) is 16.2. The number of pyridine rings is 1. The van der Waals surface area contributed by atoms with Crippen molar-refractivity contribution in [1.29, 1.82) is 0 Å². The van der Waals surface area contributed by atoms with Gasteiger partial charge in [0.2, 0.25) is 0 Å². The molecule has 4 aliphatic rings. The van der Waals surface area contributed by atoms with Crippen LogP contribution in [0.5, 0.6) is 0 Å². The highest BCUT2D eigenvalue weighted by atomic mass is 16.5. The first kappa shape index (κ1) is 30.0. The maximum atomic E-state index is 11.8. The second kappa shape index (κ2) is 13.2. The summed E-state index contributed by atoms with van der Waals surface area (Å²) in [6.07, 6.45) is 18.6. The lowest BCUT2D eigenvalue weighted by molar-refractivity contribution is -0.141. The van der Waals surface area contributed by atoms with E-state index in [-0.39, 0.29) is 5.97 Å². The van der Waals surface area contributed by atoms with E-state index in [9.17, 15) is 4.79 Å². The van der Waals surface area contributed by atoms with E-state index >= 15 is 0 Å². The van der Waals surface area contributed by atoms with Gasteiger partial charge in [0.15, 0.2) is 0 Å². The van der Waals surface area contributed by atoms with Crippen LogP contribution in [0.3, 0.4) is 0 Å². The summed E-state index contributed by atoms with van der Waals surface area (Å²) >= 11 is 0. The van der Waals surface area contributed by atoms with Gasteiger partial charge in [-0.05, 0) is 149 Å². The van der Waals surface area contributed by atoms with Gasteiger partial charge < -0.3 is 15.4 Å². The second-order valence-electron chi connectivity index (χ2n) is 14.6. The fraction of sp³-hybridized carbons (Fsp3) is 0.829. The quantitative estimate of drug-likeness (QED) is 0.213. The van der Waals surface area contributed by atoms with Gasteiger partial charge in [-0.15, -0.1) is 0 Å². The van der Waals surface area contributed by atoms with Gasteiger partial charge in [0.05, 0.1) is 12.8 Å². The monoisotopic (exact) mass is 551 g/mol. The van der Waals surface area contributed by atoms with Gasteiger partial charge in [0, 0.05) is 25.2 Å². The number of carbonyl (C=O) groups is 1. The SMILES string of the molecule is COC(=O)CC[C@H](C)[C@H]1CCC2C3CCC4C[C@@H](NCCCCNCc5ccccn5)CCC4(C)C3CC[C@@]21C. The Kier molecular flexibility index (Phi) is 9.93. The van der Waals surface area contributed by atoms with Crippen LogP contribution in [0.15, 0.2) is 24.4 Å². The normalized spacial score (nSPS) is 37.7. The van der Waals surface area contributed by atoms with Crippen molar-refractivity contribution >= 4 is 5.97 Å². The lowest BCUT2D eigenvalue weighted by atomic mass is 9.44. The molecule has 0 aliphatic heterocycles. The average Bonchev–Trinajstić information content (AvgIpc) is 3.33. The zero-order chi connectivity index (χ0) is 28.2. The van der Waals surface area contributed by atoms with Crippen LogP contribution in [0, 0.1) is 46.3 Å². The van der Waals surface area contributed by atoms with Crippen LogP contribution in [0.25, 0.3) is 0 Å². The van der Waals surface area contributed by atoms with Gasteiger partial charge in [-0.25, -0.2) is 0 Å². The van der Waals surface area contributed by atoms with Crippen molar-refractivity contribution in [3.05, 3.63) is 30.1 Å². The van der Waals surface area contributed by atoms with Crippen LogP contribution in [0.2, 0.25) is 0 Å². The molecular formula is C35H57N3O2. The number of nitrogens with one attached hydrogen (secondary N) is 2. The number of rotatable bonds is 12. The number of hydrogen-bond donors (Lipinski definition) is 2. The largest absolute Gasteiger partial charge is 0.469 e. The van der Waals surface area contributed by atoms with Crippen molar-refractivity contribution in [1.82, 2.24) is 15.6 Å². The maximum Gasteiger partial charge on any atom is 0.305 e. The topological polar surface area (TPSA) is 63.2 Å². The summed E-state index contributed by atoms with van der Waals surface area (Å²) in [6.45, 7) is 10.8. The molecule has 1 aromatic heterocycles. The van der Waals surface area contributed by atoms with Crippen LogP contribution in [0.4, 0.5) is 0 Å². The van der Waals surface area contributed by atoms with E-state index in [4.69, 9.17) is 4.74 Å². The Labute approximate surface area is 244 Å². The Morgan fingerprint density at radius 3 is 2.62 bits per heavy atom. The Balaban J connectivity index is 1.07. The zero-order valence-corrected chi connectivity index (χ0v) is 25.9. The molecule has 1 heterocycles. The highest BCUT2D eigenvalue weighted by Gasteiger charge is 2.60. The number of aromatic nitrogens is 1. The molecule has 4 aliphatic carbocycles. The van der Waals surface area contributed by atoms with Gasteiger partial charge in [-0.2, -0.15) is 0 Å². The van der Waals surface area contributed by atoms with Crippen molar-refractivity contribution in [2.75, 3.05) is 20.2 Å². The lowest BCUT2D eigenvalue weighted by Gasteiger charge is -2.61. The summed E-state index contributed by atoms with van der Waals surface area (Å²) in [5.74, 6) is 5.02. The van der Waals surface area contributed by atoms with Crippen molar-refractivity contribution in [3.8, 4) is 0 Å². The molecule has 5 unspecified atom stereocenters. The van der Waals surface area contributed by atoms with Gasteiger partial charge in [-0.3, -0.25) is 9.78 Å². The van der Waals surface area contributed by atoms with E-state index in [1.54, 1.807) is 0 Å². The van der Waals surface area contributed by atoms with E-state index in [0.29, 0.717) is 23.2 Å². The van der Waals surface area contributed by atoms with Crippen LogP contribution < -0.4 is 10.6 Å². The highest BCUT2D eigenvalue weighted by molar-refractivity contribution is 5.69. The number of hydrogen-bond acceptors (Lipinski definition) is 5. The molecule has 0 amide bonds. The smallest absolute Gasteiger partial charge is 0.305 e. The molecule has 0 aromatic carbocycles. The van der Waals surface area contributed by atoms with Gasteiger partial charge >= 0.3 is 5.97 Å². The number of fused-ring (bicyclic) bond motifs is 5. The first-order chi connectivity index (χ1) is 19.3. The number of unbranched alkanes of at least 4 members (excludes halogenated alkanes) is 1. The summed E-state index contributed by atoms with van der Waals surface area (Å²) in [5.41, 5.74) is 2.15. The molecule has 0 bridgehead atoms. The Morgan fingerprint density at radius 1 is 1.02 bits per heavy atom. The third-order valence-corrected chi connectivity index (χ3v) is 12.7. The first-order valence-electron chi connectivity index (χ1n) is 16.8. The summed E-state index contributed by atoms with van der Waals surface area (Å²) in [6, 6.07) is 6.84. The summed E-state index contributed by atoms with van der Waals surface area (Å²) < 4.78 is 4.94. The predicted molar refractivity (Wildman–Crippen MR) is 163 cm³/mol. The van der Waals surface area contributed by atoms with E-state index in [0.717, 1.165) is 67.4 Å². The number of esters is 1. The maximum absolute atomic E-state index is 11.8. The van der Waals surface area contributed by atoms with E-state index < -0.39 is 0 Å². The summed E-state index contributed by atoms with van der Waals surface area (Å²) in [5, 5.41) is 7.50. The van der Waals surface area contributed by atoms with Crippen molar-refractivity contribution in [2.24, 2.45) is 46.3 Å². The molecule has 40 heavy (non-hydrogen) atoms. The molecule has 5 heteroatoms. The predicted octanol–water partition coefficient (Wildman–Crippen LogP) is 7.16. The molecule has 5 nitrogen and oxygen atoms in total. The number of nitrogens with zero attached hydrogens (tertiary/aromatic N) is 1. The fourth-order valence-corrected chi connectivity index (χ4v) is 10.5. The molecule has 0 spiro atoms. The molecular weight excluding hydrogens is 494 g/mol.